The third kappa shape index (κ3) is 11.0. The van der Waals surface area contributed by atoms with Gasteiger partial charge in [0.05, 0.1) is 6.61 Å². The van der Waals surface area contributed by atoms with Gasteiger partial charge in [0.25, 0.3) is 0 Å². The van der Waals surface area contributed by atoms with Crippen LogP contribution in [0.25, 0.3) is 0 Å². The number of hydrogen-bond acceptors (Lipinski definition) is 5. The van der Waals surface area contributed by atoms with E-state index in [2.05, 4.69) is 41.8 Å². The molecular formula is C18H22Br2N2O3. The van der Waals surface area contributed by atoms with Crippen LogP contribution in [0.15, 0.2) is 45.6 Å². The van der Waals surface area contributed by atoms with Crippen LogP contribution in [-0.4, -0.2) is 34.3 Å². The number of carbonyl (C=O) groups is 1. The monoisotopic (exact) mass is 472 g/mol. The lowest BCUT2D eigenvalue weighted by atomic mass is 10.2. The minimum Gasteiger partial charge on any atom is -0.466 e. The molecule has 0 aliphatic rings. The molecule has 0 aromatic carbocycles. The number of nitrogens with zero attached hydrogens (tertiary/aromatic N) is 2. The van der Waals surface area contributed by atoms with Crippen molar-refractivity contribution in [1.29, 1.82) is 0 Å². The van der Waals surface area contributed by atoms with Crippen molar-refractivity contribution in [2.45, 2.75) is 32.6 Å². The molecule has 0 unspecified atom stereocenters. The zero-order chi connectivity index (χ0) is 18.5. The Bertz CT molecular complexity index is 619. The summed E-state index contributed by atoms with van der Waals surface area (Å²) in [5.41, 5.74) is 2.04. The average molecular weight is 474 g/mol. The molecule has 0 aliphatic heterocycles. The second kappa shape index (κ2) is 13.0. The summed E-state index contributed by atoms with van der Waals surface area (Å²) in [5.74, 6) is -0.228. The van der Waals surface area contributed by atoms with Gasteiger partial charge in [0.1, 0.15) is 0 Å². The second-order valence-electron chi connectivity index (χ2n) is 5.21. The molecule has 0 amide bonds. The third-order valence-corrected chi connectivity index (χ3v) is 3.99. The average Bonchev–Trinajstić information content (AvgIpc) is 2.60. The molecule has 0 spiro atoms. The van der Waals surface area contributed by atoms with Crippen LogP contribution >= 0.6 is 31.9 Å². The maximum atomic E-state index is 10.5. The number of aromatic nitrogens is 2. The first-order valence-corrected chi connectivity index (χ1v) is 9.55. The summed E-state index contributed by atoms with van der Waals surface area (Å²) < 4.78 is 6.78. The summed E-state index contributed by atoms with van der Waals surface area (Å²) in [6.07, 6.45) is 6.82. The molecule has 5 nitrogen and oxygen atoms in total. The van der Waals surface area contributed by atoms with E-state index in [-0.39, 0.29) is 12.6 Å². The van der Waals surface area contributed by atoms with Gasteiger partial charge in [-0.25, -0.2) is 0 Å². The van der Waals surface area contributed by atoms with Gasteiger partial charge in [-0.05, 0) is 81.8 Å². The number of carbonyl (C=O) groups excluding carboxylic acids is 1. The normalized spacial score (nSPS) is 9.92. The standard InChI is InChI=1S/C10H12BrNO2.C8H10BrNO/c1-8(13)14-6-2-3-10-5-4-9(11)7-12-10;9-7-3-4-8(10-6-7)2-1-5-11/h4-5,7H,2-3,6H2,1H3;3-4,6,11H,1-2,5H2. The molecule has 0 aliphatic carbocycles. The van der Waals surface area contributed by atoms with Gasteiger partial charge < -0.3 is 9.84 Å². The van der Waals surface area contributed by atoms with E-state index in [9.17, 15) is 4.79 Å². The fourth-order valence-electron chi connectivity index (χ4n) is 1.84. The largest absolute Gasteiger partial charge is 0.466 e. The molecule has 0 bridgehead atoms. The summed E-state index contributed by atoms with van der Waals surface area (Å²) in [5, 5.41) is 8.55. The fourth-order valence-corrected chi connectivity index (χ4v) is 2.31. The van der Waals surface area contributed by atoms with E-state index in [4.69, 9.17) is 9.84 Å². The lowest BCUT2D eigenvalue weighted by Crippen LogP contribution is -2.02. The van der Waals surface area contributed by atoms with Gasteiger partial charge in [-0.15, -0.1) is 0 Å². The number of halogens is 2. The first kappa shape index (κ1) is 21.7. The second-order valence-corrected chi connectivity index (χ2v) is 7.04. The van der Waals surface area contributed by atoms with E-state index in [0.29, 0.717) is 6.61 Å². The summed E-state index contributed by atoms with van der Waals surface area (Å²) in [6.45, 7) is 2.11. The van der Waals surface area contributed by atoms with E-state index in [1.807, 2.05) is 24.3 Å². The van der Waals surface area contributed by atoms with Crippen molar-refractivity contribution in [3.63, 3.8) is 0 Å². The molecule has 0 saturated heterocycles. The molecule has 0 atom stereocenters. The van der Waals surface area contributed by atoms with Crippen molar-refractivity contribution < 1.29 is 14.6 Å². The molecule has 136 valence electrons. The van der Waals surface area contributed by atoms with Crippen molar-refractivity contribution in [3.05, 3.63) is 57.0 Å². The Kier molecular flexibility index (Phi) is 11.3. The maximum absolute atomic E-state index is 10.5. The summed E-state index contributed by atoms with van der Waals surface area (Å²) in [6, 6.07) is 7.82. The smallest absolute Gasteiger partial charge is 0.302 e. The molecule has 2 aromatic heterocycles. The Labute approximate surface area is 165 Å². The number of aliphatic hydroxyl groups is 1. The Morgan fingerprint density at radius 3 is 1.92 bits per heavy atom. The Morgan fingerprint density at radius 1 is 1.00 bits per heavy atom. The predicted molar refractivity (Wildman–Crippen MR) is 104 cm³/mol. The molecule has 1 N–H and O–H groups in total. The fraction of sp³-hybridized carbons (Fsp3) is 0.389. The molecule has 2 heterocycles. The van der Waals surface area contributed by atoms with Crippen LogP contribution in [0.4, 0.5) is 0 Å². The predicted octanol–water partition coefficient (Wildman–Crippen LogP) is 4.11. The Balaban J connectivity index is 0.000000257. The van der Waals surface area contributed by atoms with Gasteiger partial charge >= 0.3 is 5.97 Å². The van der Waals surface area contributed by atoms with E-state index in [0.717, 1.165) is 46.0 Å². The van der Waals surface area contributed by atoms with Gasteiger partial charge in [0.2, 0.25) is 0 Å². The van der Waals surface area contributed by atoms with Gasteiger partial charge in [0, 0.05) is 46.3 Å². The van der Waals surface area contributed by atoms with Crippen molar-refractivity contribution in [1.82, 2.24) is 9.97 Å². The van der Waals surface area contributed by atoms with Crippen LogP contribution < -0.4 is 0 Å². The highest BCUT2D eigenvalue weighted by atomic mass is 79.9. The topological polar surface area (TPSA) is 72.3 Å². The van der Waals surface area contributed by atoms with Crippen LogP contribution in [0.2, 0.25) is 0 Å². The van der Waals surface area contributed by atoms with E-state index in [1.165, 1.54) is 6.92 Å². The first-order chi connectivity index (χ1) is 12.0. The molecule has 7 heteroatoms. The van der Waals surface area contributed by atoms with Gasteiger partial charge in [-0.1, -0.05) is 0 Å². The zero-order valence-electron chi connectivity index (χ0n) is 14.1. The minimum atomic E-state index is -0.228. The molecule has 2 rings (SSSR count). The Morgan fingerprint density at radius 2 is 1.52 bits per heavy atom. The molecular weight excluding hydrogens is 452 g/mol. The van der Waals surface area contributed by atoms with Crippen molar-refractivity contribution in [2.75, 3.05) is 13.2 Å². The van der Waals surface area contributed by atoms with Crippen molar-refractivity contribution in [2.24, 2.45) is 0 Å². The first-order valence-electron chi connectivity index (χ1n) is 7.96. The number of esters is 1. The lowest BCUT2D eigenvalue weighted by Gasteiger charge is -2.01. The highest BCUT2D eigenvalue weighted by Gasteiger charge is 1.96. The number of ether oxygens (including phenoxy) is 1. The molecule has 0 saturated carbocycles. The van der Waals surface area contributed by atoms with Crippen LogP contribution in [0, 0.1) is 0 Å². The number of aryl methyl sites for hydroxylation is 2. The number of aliphatic hydroxyl groups excluding tert-OH is 1. The van der Waals surface area contributed by atoms with Gasteiger partial charge in [-0.2, -0.15) is 0 Å². The van der Waals surface area contributed by atoms with Crippen molar-refractivity contribution in [3.8, 4) is 0 Å². The highest BCUT2D eigenvalue weighted by molar-refractivity contribution is 9.10. The van der Waals surface area contributed by atoms with Gasteiger partial charge in [0.15, 0.2) is 0 Å². The molecule has 2 aromatic rings. The third-order valence-electron chi connectivity index (χ3n) is 3.05. The maximum Gasteiger partial charge on any atom is 0.302 e. The summed E-state index contributed by atoms with van der Waals surface area (Å²) in [7, 11) is 0. The summed E-state index contributed by atoms with van der Waals surface area (Å²) >= 11 is 6.62. The number of rotatable bonds is 7. The van der Waals surface area contributed by atoms with Gasteiger partial charge in [-0.3, -0.25) is 14.8 Å². The number of hydrogen-bond donors (Lipinski definition) is 1. The lowest BCUT2D eigenvalue weighted by molar-refractivity contribution is -0.141. The molecule has 25 heavy (non-hydrogen) atoms. The SMILES string of the molecule is CC(=O)OCCCc1ccc(Br)cn1.OCCCc1ccc(Br)cn1. The van der Waals surface area contributed by atoms with Crippen LogP contribution in [0.3, 0.4) is 0 Å². The van der Waals surface area contributed by atoms with Crippen LogP contribution in [0.1, 0.15) is 31.2 Å². The highest BCUT2D eigenvalue weighted by Crippen LogP contribution is 2.09. The zero-order valence-corrected chi connectivity index (χ0v) is 17.3. The minimum absolute atomic E-state index is 0.228. The van der Waals surface area contributed by atoms with E-state index >= 15 is 0 Å². The van der Waals surface area contributed by atoms with E-state index < -0.39 is 0 Å². The van der Waals surface area contributed by atoms with Crippen LogP contribution in [0.5, 0.6) is 0 Å². The van der Waals surface area contributed by atoms with Crippen molar-refractivity contribution >= 4 is 37.8 Å². The van der Waals surface area contributed by atoms with E-state index in [1.54, 1.807) is 12.4 Å². The Hall–Kier alpha value is -1.31. The molecule has 0 fully saturated rings. The summed E-state index contributed by atoms with van der Waals surface area (Å²) in [4.78, 5) is 18.8. The quantitative estimate of drug-likeness (QED) is 0.483. The van der Waals surface area contributed by atoms with Crippen LogP contribution in [-0.2, 0) is 22.4 Å². The molecule has 0 radical (unpaired) electrons. The number of pyridine rings is 2.